The molecule has 2 aliphatic heterocycles. The number of likely N-dealkylation sites (tertiary alicyclic amines) is 1. The molecule has 0 saturated carbocycles. The third-order valence-electron chi connectivity index (χ3n) is 7.28. The zero-order chi connectivity index (χ0) is 27.3. The molecule has 2 aromatic carbocycles. The fourth-order valence-electron chi connectivity index (χ4n) is 4.99. The van der Waals surface area contributed by atoms with E-state index in [1.54, 1.807) is 29.2 Å². The molecule has 0 aromatic heterocycles. The van der Waals surface area contributed by atoms with Crippen molar-refractivity contribution >= 4 is 28.9 Å². The van der Waals surface area contributed by atoms with Crippen LogP contribution in [0, 0.1) is 11.7 Å². The lowest BCUT2D eigenvalue weighted by atomic mass is 9.97. The van der Waals surface area contributed by atoms with Crippen molar-refractivity contribution in [3.63, 3.8) is 0 Å². The first-order valence-corrected chi connectivity index (χ1v) is 13.3. The van der Waals surface area contributed by atoms with Crippen LogP contribution in [0.15, 0.2) is 36.4 Å². The molecular weight excluding hydrogens is 524 g/mol. The maximum atomic E-state index is 15.0. The number of hydrogen-bond donors (Lipinski definition) is 2. The molecule has 6 nitrogen and oxygen atoms in total. The topological polar surface area (TPSA) is 59.1 Å². The van der Waals surface area contributed by atoms with Gasteiger partial charge in [0.2, 0.25) is 0 Å². The van der Waals surface area contributed by atoms with Gasteiger partial charge in [-0.1, -0.05) is 17.7 Å². The predicted molar refractivity (Wildman–Crippen MR) is 140 cm³/mol. The van der Waals surface area contributed by atoms with Crippen LogP contribution in [0.5, 0.6) is 0 Å². The highest BCUT2D eigenvalue weighted by Crippen LogP contribution is 2.31. The van der Waals surface area contributed by atoms with E-state index >= 15 is 0 Å². The summed E-state index contributed by atoms with van der Waals surface area (Å²) in [4.78, 5) is 18.9. The number of aliphatic hydroxyl groups is 1. The molecule has 0 unspecified atom stereocenters. The van der Waals surface area contributed by atoms with Crippen LogP contribution < -0.4 is 10.2 Å². The average Bonchev–Trinajstić information content (AvgIpc) is 2.89. The Morgan fingerprint density at radius 3 is 2.34 bits per heavy atom. The van der Waals surface area contributed by atoms with E-state index in [1.807, 2.05) is 4.90 Å². The highest BCUT2D eigenvalue weighted by atomic mass is 35.5. The SMILES string of the molecule is O=C(Nc1ccc(Cl)cc1N1CCN(CCC(F)(F)F)CC1)c1ccc(CN2CCC(CO)CC2)cc1F. The molecule has 1 amide bonds. The lowest BCUT2D eigenvalue weighted by Gasteiger charge is -2.37. The molecule has 2 fully saturated rings. The van der Waals surface area contributed by atoms with Gasteiger partial charge in [0, 0.05) is 50.9 Å². The highest BCUT2D eigenvalue weighted by molar-refractivity contribution is 6.31. The minimum atomic E-state index is -4.19. The second kappa shape index (κ2) is 12.6. The van der Waals surface area contributed by atoms with E-state index in [2.05, 4.69) is 10.2 Å². The first-order valence-electron chi connectivity index (χ1n) is 12.9. The van der Waals surface area contributed by atoms with Crippen LogP contribution in [0.25, 0.3) is 0 Å². The molecule has 0 aliphatic carbocycles. The Morgan fingerprint density at radius 2 is 1.71 bits per heavy atom. The van der Waals surface area contributed by atoms with Crippen molar-refractivity contribution in [2.24, 2.45) is 5.92 Å². The number of nitrogens with one attached hydrogen (secondary N) is 1. The van der Waals surface area contributed by atoms with E-state index in [9.17, 15) is 27.5 Å². The van der Waals surface area contributed by atoms with Gasteiger partial charge in [0.05, 0.1) is 23.4 Å². The van der Waals surface area contributed by atoms with Gasteiger partial charge in [-0.2, -0.15) is 13.2 Å². The number of halogens is 5. The van der Waals surface area contributed by atoms with E-state index in [0.717, 1.165) is 31.5 Å². The number of alkyl halides is 3. The molecule has 0 radical (unpaired) electrons. The number of amides is 1. The van der Waals surface area contributed by atoms with Gasteiger partial charge in [-0.3, -0.25) is 14.6 Å². The third-order valence-corrected chi connectivity index (χ3v) is 7.52. The number of aliphatic hydroxyl groups excluding tert-OH is 1. The Morgan fingerprint density at radius 1 is 1.00 bits per heavy atom. The summed E-state index contributed by atoms with van der Waals surface area (Å²) in [7, 11) is 0. The Balaban J connectivity index is 1.38. The minimum absolute atomic E-state index is 0.0489. The summed E-state index contributed by atoms with van der Waals surface area (Å²) in [6, 6.07) is 9.58. The number of piperazine rings is 1. The van der Waals surface area contributed by atoms with E-state index < -0.39 is 24.3 Å². The average molecular weight is 557 g/mol. The second-order valence-electron chi connectivity index (χ2n) is 10.0. The summed E-state index contributed by atoms with van der Waals surface area (Å²) in [5, 5.41) is 12.5. The van der Waals surface area contributed by atoms with Gasteiger partial charge in [-0.25, -0.2) is 4.39 Å². The predicted octanol–water partition coefficient (Wildman–Crippen LogP) is 5.01. The number of nitrogens with zero attached hydrogens (tertiary/aromatic N) is 3. The van der Waals surface area contributed by atoms with Crippen molar-refractivity contribution < 1.29 is 27.5 Å². The smallest absolute Gasteiger partial charge is 0.390 e. The monoisotopic (exact) mass is 556 g/mol. The maximum absolute atomic E-state index is 15.0. The van der Waals surface area contributed by atoms with Crippen LogP contribution in [-0.4, -0.2) is 79.4 Å². The summed E-state index contributed by atoms with van der Waals surface area (Å²) >= 11 is 6.21. The molecule has 2 heterocycles. The molecule has 2 saturated heterocycles. The number of piperidine rings is 1. The van der Waals surface area contributed by atoms with Gasteiger partial charge in [0.25, 0.3) is 5.91 Å². The fraction of sp³-hybridized carbons (Fsp3) is 0.519. The molecule has 2 aliphatic rings. The quantitative estimate of drug-likeness (QED) is 0.448. The molecular formula is C27H33ClF4N4O2. The summed E-state index contributed by atoms with van der Waals surface area (Å²) in [6.07, 6.45) is -3.22. The molecule has 38 heavy (non-hydrogen) atoms. The lowest BCUT2D eigenvalue weighted by Crippen LogP contribution is -2.47. The van der Waals surface area contributed by atoms with Crippen LogP contribution >= 0.6 is 11.6 Å². The fourth-order valence-corrected chi connectivity index (χ4v) is 5.15. The van der Waals surface area contributed by atoms with Gasteiger partial charge in [0.1, 0.15) is 5.82 Å². The van der Waals surface area contributed by atoms with Crippen molar-refractivity contribution in [3.05, 3.63) is 58.4 Å². The molecule has 0 bridgehead atoms. The third kappa shape index (κ3) is 7.81. The van der Waals surface area contributed by atoms with Crippen molar-refractivity contribution in [1.82, 2.24) is 9.80 Å². The van der Waals surface area contributed by atoms with E-state index in [0.29, 0.717) is 55.0 Å². The largest absolute Gasteiger partial charge is 0.396 e. The Labute approximate surface area is 225 Å². The van der Waals surface area contributed by atoms with Crippen molar-refractivity contribution in [2.45, 2.75) is 32.0 Å². The van der Waals surface area contributed by atoms with Crippen LogP contribution in [0.3, 0.4) is 0 Å². The Bertz CT molecular complexity index is 1100. The summed E-state index contributed by atoms with van der Waals surface area (Å²) < 4.78 is 52.7. The van der Waals surface area contributed by atoms with E-state index in [1.165, 1.54) is 12.1 Å². The van der Waals surface area contributed by atoms with E-state index in [4.69, 9.17) is 11.6 Å². The van der Waals surface area contributed by atoms with Crippen molar-refractivity contribution in [1.29, 1.82) is 0 Å². The van der Waals surface area contributed by atoms with Gasteiger partial charge < -0.3 is 15.3 Å². The number of benzene rings is 2. The molecule has 2 aromatic rings. The van der Waals surface area contributed by atoms with E-state index in [-0.39, 0.29) is 18.7 Å². The molecule has 0 spiro atoms. The highest BCUT2D eigenvalue weighted by Gasteiger charge is 2.29. The number of rotatable bonds is 8. The van der Waals surface area contributed by atoms with Gasteiger partial charge >= 0.3 is 6.18 Å². The van der Waals surface area contributed by atoms with Crippen LogP contribution in [0.2, 0.25) is 5.02 Å². The van der Waals surface area contributed by atoms with Crippen LogP contribution in [0.1, 0.15) is 35.2 Å². The summed E-state index contributed by atoms with van der Waals surface area (Å²) in [6.45, 7) is 4.24. The number of carbonyl (C=O) groups is 1. The summed E-state index contributed by atoms with van der Waals surface area (Å²) in [5.41, 5.74) is 1.80. The normalized spacial score (nSPS) is 18.1. The lowest BCUT2D eigenvalue weighted by molar-refractivity contribution is -0.138. The van der Waals surface area contributed by atoms with Gasteiger partial charge in [0.15, 0.2) is 0 Å². The molecule has 0 atom stereocenters. The zero-order valence-electron chi connectivity index (χ0n) is 21.1. The molecule has 208 valence electrons. The first kappa shape index (κ1) is 28.6. The van der Waals surface area contributed by atoms with Crippen molar-refractivity contribution in [3.8, 4) is 0 Å². The number of anilines is 2. The van der Waals surface area contributed by atoms with Crippen molar-refractivity contribution in [2.75, 3.05) is 62.6 Å². The Kier molecular flexibility index (Phi) is 9.51. The second-order valence-corrected chi connectivity index (χ2v) is 10.5. The molecule has 4 rings (SSSR count). The van der Waals surface area contributed by atoms with Gasteiger partial charge in [-0.15, -0.1) is 0 Å². The zero-order valence-corrected chi connectivity index (χ0v) is 21.9. The van der Waals surface area contributed by atoms with Crippen LogP contribution in [-0.2, 0) is 6.54 Å². The number of carbonyl (C=O) groups excluding carboxylic acids is 1. The van der Waals surface area contributed by atoms with Gasteiger partial charge in [-0.05, 0) is 67.7 Å². The summed E-state index contributed by atoms with van der Waals surface area (Å²) in [5.74, 6) is -0.880. The molecule has 11 heteroatoms. The minimum Gasteiger partial charge on any atom is -0.396 e. The standard InChI is InChI=1S/C27H33ClF4N4O2/c28-21-2-4-24(25(16-21)36-13-11-34(12-14-36)10-7-27(30,31)32)33-26(38)22-3-1-20(15-23(22)29)17-35-8-5-19(18-37)6-9-35/h1-4,15-16,19,37H,5-14,17-18H2,(H,33,38). The maximum Gasteiger partial charge on any atom is 0.390 e. The Hall–Kier alpha value is -2.40. The first-order chi connectivity index (χ1) is 18.1. The molecule has 2 N–H and O–H groups in total. The van der Waals surface area contributed by atoms with Crippen LogP contribution in [0.4, 0.5) is 28.9 Å². The number of hydrogen-bond acceptors (Lipinski definition) is 5.